The van der Waals surface area contributed by atoms with Crippen molar-refractivity contribution in [3.63, 3.8) is 0 Å². The average Bonchev–Trinajstić information content (AvgIpc) is 2.87. The predicted molar refractivity (Wildman–Crippen MR) is 87.6 cm³/mol. The van der Waals surface area contributed by atoms with E-state index in [-0.39, 0.29) is 6.61 Å². The largest absolute Gasteiger partial charge is 0.473 e. The molecule has 0 amide bonds. The summed E-state index contributed by atoms with van der Waals surface area (Å²) >= 11 is 13.3. The Balaban J connectivity index is 1.99. The van der Waals surface area contributed by atoms with Crippen LogP contribution in [0.15, 0.2) is 29.3 Å². The van der Waals surface area contributed by atoms with Gasteiger partial charge in [0, 0.05) is 11.4 Å². The van der Waals surface area contributed by atoms with E-state index < -0.39 is 11.9 Å². The molecule has 0 fully saturated rings. The second-order valence-electron chi connectivity index (χ2n) is 4.42. The van der Waals surface area contributed by atoms with Gasteiger partial charge in [-0.1, -0.05) is 23.2 Å². The molecule has 0 bridgehead atoms. The van der Waals surface area contributed by atoms with Crippen LogP contribution in [0.5, 0.6) is 0 Å². The minimum atomic E-state index is -1.60. The van der Waals surface area contributed by atoms with Crippen LogP contribution in [0.2, 0.25) is 10.0 Å². The van der Waals surface area contributed by atoms with Gasteiger partial charge in [0.15, 0.2) is 0 Å². The molecule has 122 valence electrons. The number of hydrogen-bond acceptors (Lipinski definition) is 5. The van der Waals surface area contributed by atoms with Crippen molar-refractivity contribution in [1.82, 2.24) is 9.78 Å². The number of esters is 1. The maximum atomic E-state index is 10.8. The molecule has 0 atom stereocenters. The third-order valence-electron chi connectivity index (χ3n) is 2.75. The Morgan fingerprint density at radius 1 is 1.30 bits per heavy atom. The number of carbonyl (C=O) groups excluding carboxylic acids is 1. The van der Waals surface area contributed by atoms with Crippen molar-refractivity contribution >= 4 is 46.9 Å². The van der Waals surface area contributed by atoms with E-state index in [0.717, 1.165) is 16.4 Å². The SMILES string of the molecule is Cc1cc(SCCOC(=O)C(=O)O)nn1-c1ccc(Cl)c(Cl)c1. The summed E-state index contributed by atoms with van der Waals surface area (Å²) < 4.78 is 6.27. The van der Waals surface area contributed by atoms with Crippen LogP contribution < -0.4 is 0 Å². The van der Waals surface area contributed by atoms with Crippen LogP contribution >= 0.6 is 35.0 Å². The minimum absolute atomic E-state index is 0.00548. The molecule has 0 aliphatic carbocycles. The maximum absolute atomic E-state index is 10.8. The predicted octanol–water partition coefficient (Wildman–Crippen LogP) is 3.21. The molecule has 0 aliphatic rings. The molecule has 1 N–H and O–H groups in total. The molecule has 0 unspecified atom stereocenters. The van der Waals surface area contributed by atoms with Crippen LogP contribution in [-0.4, -0.2) is 39.2 Å². The molecule has 0 spiro atoms. The van der Waals surface area contributed by atoms with E-state index in [4.69, 9.17) is 28.3 Å². The van der Waals surface area contributed by atoms with Crippen LogP contribution in [0, 0.1) is 6.92 Å². The minimum Gasteiger partial charge on any atom is -0.473 e. The number of nitrogens with zero attached hydrogens (tertiary/aromatic N) is 2. The fourth-order valence-corrected chi connectivity index (χ4v) is 2.80. The topological polar surface area (TPSA) is 81.4 Å². The number of aliphatic carboxylic acids is 1. The fourth-order valence-electron chi connectivity index (χ4n) is 1.74. The number of carbonyl (C=O) groups is 2. The summed E-state index contributed by atoms with van der Waals surface area (Å²) in [6.07, 6.45) is 0. The Hall–Kier alpha value is -1.70. The van der Waals surface area contributed by atoms with Gasteiger partial charge in [0.1, 0.15) is 11.6 Å². The number of halogens is 2. The third-order valence-corrected chi connectivity index (χ3v) is 4.36. The molecule has 0 saturated carbocycles. The van der Waals surface area contributed by atoms with Gasteiger partial charge < -0.3 is 9.84 Å². The van der Waals surface area contributed by atoms with Crippen molar-refractivity contribution < 1.29 is 19.4 Å². The normalized spacial score (nSPS) is 10.6. The molecule has 1 aromatic carbocycles. The standard InChI is InChI=1S/C14H12Cl2N2O4S/c1-8-6-12(23-5-4-22-14(21)13(19)20)17-18(8)9-2-3-10(15)11(16)7-9/h2-3,6-7H,4-5H2,1H3,(H,19,20). The summed E-state index contributed by atoms with van der Waals surface area (Å²) in [6, 6.07) is 7.08. The molecule has 2 rings (SSSR count). The van der Waals surface area contributed by atoms with Crippen molar-refractivity contribution in [1.29, 1.82) is 0 Å². The maximum Gasteiger partial charge on any atom is 0.417 e. The molecular formula is C14H12Cl2N2O4S. The summed E-state index contributed by atoms with van der Waals surface area (Å²) in [5.74, 6) is -2.46. The number of carboxylic acids is 1. The summed E-state index contributed by atoms with van der Waals surface area (Å²) in [4.78, 5) is 21.1. The lowest BCUT2D eigenvalue weighted by Gasteiger charge is -2.05. The van der Waals surface area contributed by atoms with E-state index in [9.17, 15) is 9.59 Å². The van der Waals surface area contributed by atoms with E-state index in [1.807, 2.05) is 13.0 Å². The smallest absolute Gasteiger partial charge is 0.417 e. The highest BCUT2D eigenvalue weighted by atomic mass is 35.5. The number of aryl methyl sites for hydroxylation is 1. The highest BCUT2D eigenvalue weighted by molar-refractivity contribution is 7.99. The molecule has 23 heavy (non-hydrogen) atoms. The Kier molecular flexibility index (Phi) is 5.92. The third kappa shape index (κ3) is 4.63. The lowest BCUT2D eigenvalue weighted by Crippen LogP contribution is -2.17. The monoisotopic (exact) mass is 374 g/mol. The zero-order valence-electron chi connectivity index (χ0n) is 12.0. The number of carboxylic acid groups (broad SMARTS) is 1. The molecule has 0 aliphatic heterocycles. The highest BCUT2D eigenvalue weighted by Crippen LogP contribution is 2.26. The first-order valence-corrected chi connectivity index (χ1v) is 8.17. The van der Waals surface area contributed by atoms with E-state index in [0.29, 0.717) is 15.8 Å². The number of thioether (sulfide) groups is 1. The van der Waals surface area contributed by atoms with Crippen molar-refractivity contribution in [2.24, 2.45) is 0 Å². The Bertz CT molecular complexity index is 748. The second-order valence-corrected chi connectivity index (χ2v) is 6.35. The Morgan fingerprint density at radius 3 is 2.70 bits per heavy atom. The molecule has 1 heterocycles. The second kappa shape index (κ2) is 7.72. The molecule has 9 heteroatoms. The van der Waals surface area contributed by atoms with E-state index in [1.54, 1.807) is 22.9 Å². The number of hydrogen-bond donors (Lipinski definition) is 1. The zero-order chi connectivity index (χ0) is 17.0. The molecule has 1 aromatic heterocycles. The Labute approximate surface area is 146 Å². The quantitative estimate of drug-likeness (QED) is 0.374. The Morgan fingerprint density at radius 2 is 2.04 bits per heavy atom. The van der Waals surface area contributed by atoms with Crippen molar-refractivity contribution in [2.45, 2.75) is 11.9 Å². The van der Waals surface area contributed by atoms with Gasteiger partial charge in [0.2, 0.25) is 0 Å². The van der Waals surface area contributed by atoms with Gasteiger partial charge in [0.05, 0.1) is 15.7 Å². The van der Waals surface area contributed by atoms with Crippen LogP contribution in [0.1, 0.15) is 5.69 Å². The van der Waals surface area contributed by atoms with Crippen LogP contribution in [0.4, 0.5) is 0 Å². The first-order chi connectivity index (χ1) is 10.9. The van der Waals surface area contributed by atoms with Gasteiger partial charge in [-0.25, -0.2) is 14.3 Å². The molecular weight excluding hydrogens is 363 g/mol. The van der Waals surface area contributed by atoms with E-state index in [2.05, 4.69) is 9.84 Å². The molecule has 6 nitrogen and oxygen atoms in total. The molecule has 2 aromatic rings. The van der Waals surface area contributed by atoms with Crippen molar-refractivity contribution in [2.75, 3.05) is 12.4 Å². The number of aromatic nitrogens is 2. The average molecular weight is 375 g/mol. The lowest BCUT2D eigenvalue weighted by atomic mass is 10.3. The zero-order valence-corrected chi connectivity index (χ0v) is 14.3. The summed E-state index contributed by atoms with van der Waals surface area (Å²) in [6.45, 7) is 1.89. The molecule has 0 radical (unpaired) electrons. The van der Waals surface area contributed by atoms with Crippen molar-refractivity contribution in [3.8, 4) is 5.69 Å². The van der Waals surface area contributed by atoms with E-state index in [1.165, 1.54) is 11.8 Å². The van der Waals surface area contributed by atoms with Crippen molar-refractivity contribution in [3.05, 3.63) is 40.0 Å². The van der Waals surface area contributed by atoms with Gasteiger partial charge in [-0.2, -0.15) is 5.10 Å². The van der Waals surface area contributed by atoms with Crippen LogP contribution in [0.3, 0.4) is 0 Å². The number of benzene rings is 1. The fraction of sp³-hybridized carbons (Fsp3) is 0.214. The first kappa shape index (κ1) is 17.7. The van der Waals surface area contributed by atoms with Gasteiger partial charge in [-0.05, 0) is 31.2 Å². The summed E-state index contributed by atoms with van der Waals surface area (Å²) in [5.41, 5.74) is 1.68. The van der Waals surface area contributed by atoms with Crippen LogP contribution in [0.25, 0.3) is 5.69 Å². The number of rotatable bonds is 5. The first-order valence-electron chi connectivity index (χ1n) is 6.43. The summed E-state index contributed by atoms with van der Waals surface area (Å²) in [7, 11) is 0. The van der Waals surface area contributed by atoms with Gasteiger partial charge in [-0.15, -0.1) is 11.8 Å². The van der Waals surface area contributed by atoms with Crippen LogP contribution in [-0.2, 0) is 14.3 Å². The highest BCUT2D eigenvalue weighted by Gasteiger charge is 2.13. The van der Waals surface area contributed by atoms with E-state index >= 15 is 0 Å². The molecule has 0 saturated heterocycles. The summed E-state index contributed by atoms with van der Waals surface area (Å²) in [5, 5.41) is 14.4. The number of ether oxygens (including phenoxy) is 1. The van der Waals surface area contributed by atoms with Gasteiger partial charge in [0.25, 0.3) is 0 Å². The lowest BCUT2D eigenvalue weighted by molar-refractivity contribution is -0.163. The van der Waals surface area contributed by atoms with Gasteiger partial charge in [-0.3, -0.25) is 0 Å². The van der Waals surface area contributed by atoms with Gasteiger partial charge >= 0.3 is 11.9 Å².